The zero-order valence-corrected chi connectivity index (χ0v) is 17.5. The number of halogens is 3. The van der Waals surface area contributed by atoms with Gasteiger partial charge in [0.1, 0.15) is 5.75 Å². The second-order valence-corrected chi connectivity index (χ2v) is 8.20. The van der Waals surface area contributed by atoms with E-state index in [1.807, 2.05) is 54.6 Å². The van der Waals surface area contributed by atoms with Crippen molar-refractivity contribution in [3.05, 3.63) is 101 Å². The molecule has 1 heterocycles. The lowest BCUT2D eigenvalue weighted by molar-refractivity contribution is -0.274. The predicted molar refractivity (Wildman–Crippen MR) is 120 cm³/mol. The Morgan fingerprint density at radius 1 is 0.788 bits per heavy atom. The van der Waals surface area contributed by atoms with E-state index < -0.39 is 12.4 Å². The Balaban J connectivity index is 1.54. The molecule has 2 aliphatic rings. The fraction of sp³-hybridized carbons (Fsp3) is 0.192. The van der Waals surface area contributed by atoms with Crippen LogP contribution >= 0.6 is 0 Å². The number of nitrogens with one attached hydrogen (secondary N) is 2. The van der Waals surface area contributed by atoms with Gasteiger partial charge in [-0.05, 0) is 47.7 Å². The van der Waals surface area contributed by atoms with E-state index in [1.165, 1.54) is 12.1 Å². The van der Waals surface area contributed by atoms with Crippen LogP contribution in [0.4, 0.5) is 24.5 Å². The third kappa shape index (κ3) is 4.44. The second-order valence-electron chi connectivity index (χ2n) is 8.20. The molecule has 5 rings (SSSR count). The number of carbonyl (C=O) groups excluding carboxylic acids is 1. The summed E-state index contributed by atoms with van der Waals surface area (Å²) in [6.07, 6.45) is -3.73. The number of anilines is 2. The SMILES string of the molecule is O=C1C[C@@H](c2ccccc2)CC2=C1[C@H](c1ccc(OC(F)(F)F)cc1)Nc1ccccc1N2. The largest absolute Gasteiger partial charge is 0.573 e. The van der Waals surface area contributed by atoms with Crippen molar-refractivity contribution in [2.24, 2.45) is 0 Å². The van der Waals surface area contributed by atoms with Gasteiger partial charge in [-0.15, -0.1) is 13.2 Å². The van der Waals surface area contributed by atoms with Crippen molar-refractivity contribution in [1.82, 2.24) is 0 Å². The number of allylic oxidation sites excluding steroid dienone is 1. The standard InChI is InChI=1S/C26H21F3N2O2/c27-26(28,29)33-19-12-10-17(11-13-19)25-24-22(30-20-8-4-5-9-21(20)31-25)14-18(15-23(24)32)16-6-2-1-3-7-16/h1-13,18,25,30-31H,14-15H2/t18-,25-/m0/s1. The van der Waals surface area contributed by atoms with Crippen LogP contribution in [-0.4, -0.2) is 12.1 Å². The first kappa shape index (κ1) is 21.1. The van der Waals surface area contributed by atoms with Crippen molar-refractivity contribution in [3.63, 3.8) is 0 Å². The first-order valence-corrected chi connectivity index (χ1v) is 10.7. The van der Waals surface area contributed by atoms with E-state index in [9.17, 15) is 18.0 Å². The third-order valence-corrected chi connectivity index (χ3v) is 6.03. The number of Topliss-reactive ketones (excluding diaryl/α,β-unsaturated/α-hetero) is 1. The maximum absolute atomic E-state index is 13.4. The van der Waals surface area contributed by atoms with Crippen LogP contribution in [0.15, 0.2) is 90.1 Å². The molecule has 168 valence electrons. The van der Waals surface area contributed by atoms with Crippen molar-refractivity contribution in [2.45, 2.75) is 31.2 Å². The number of para-hydroxylation sites is 2. The lowest BCUT2D eigenvalue weighted by Gasteiger charge is -2.30. The molecule has 0 spiro atoms. The molecule has 0 amide bonds. The Bertz CT molecular complexity index is 1200. The number of benzene rings is 3. The zero-order chi connectivity index (χ0) is 23.0. The van der Waals surface area contributed by atoms with E-state index in [4.69, 9.17) is 0 Å². The van der Waals surface area contributed by atoms with Gasteiger partial charge in [-0.25, -0.2) is 0 Å². The van der Waals surface area contributed by atoms with E-state index in [0.717, 1.165) is 22.6 Å². The highest BCUT2D eigenvalue weighted by Crippen LogP contribution is 2.44. The molecule has 0 aromatic heterocycles. The predicted octanol–water partition coefficient (Wildman–Crippen LogP) is 6.56. The van der Waals surface area contributed by atoms with Crippen molar-refractivity contribution in [1.29, 1.82) is 0 Å². The molecule has 0 unspecified atom stereocenters. The van der Waals surface area contributed by atoms with Crippen LogP contribution in [0, 0.1) is 0 Å². The van der Waals surface area contributed by atoms with Crippen molar-refractivity contribution in [3.8, 4) is 5.75 Å². The van der Waals surface area contributed by atoms with Crippen molar-refractivity contribution >= 4 is 17.2 Å². The van der Waals surface area contributed by atoms with E-state index in [2.05, 4.69) is 15.4 Å². The highest BCUT2D eigenvalue weighted by atomic mass is 19.4. The van der Waals surface area contributed by atoms with Gasteiger partial charge in [0.2, 0.25) is 0 Å². The molecule has 0 bridgehead atoms. The maximum atomic E-state index is 13.4. The highest BCUT2D eigenvalue weighted by molar-refractivity contribution is 6.01. The summed E-state index contributed by atoms with van der Waals surface area (Å²) in [7, 11) is 0. The number of rotatable bonds is 3. The number of hydrogen-bond acceptors (Lipinski definition) is 4. The van der Waals surface area contributed by atoms with Gasteiger partial charge >= 0.3 is 6.36 Å². The normalized spacial score (nSPS) is 20.2. The van der Waals surface area contributed by atoms with Gasteiger partial charge in [-0.1, -0.05) is 54.6 Å². The van der Waals surface area contributed by atoms with Gasteiger partial charge in [0.25, 0.3) is 0 Å². The van der Waals surface area contributed by atoms with Crippen LogP contribution in [0.25, 0.3) is 0 Å². The molecule has 3 aromatic carbocycles. The first-order valence-electron chi connectivity index (χ1n) is 10.7. The molecule has 2 N–H and O–H groups in total. The summed E-state index contributed by atoms with van der Waals surface area (Å²) in [6.45, 7) is 0. The molecule has 2 atom stereocenters. The number of carbonyl (C=O) groups is 1. The molecule has 4 nitrogen and oxygen atoms in total. The molecule has 0 saturated heterocycles. The Morgan fingerprint density at radius 2 is 1.45 bits per heavy atom. The zero-order valence-electron chi connectivity index (χ0n) is 17.5. The average Bonchev–Trinajstić information content (AvgIpc) is 2.96. The number of ketones is 1. The first-order chi connectivity index (χ1) is 15.9. The monoisotopic (exact) mass is 450 g/mol. The molecule has 0 radical (unpaired) electrons. The van der Waals surface area contributed by atoms with E-state index in [0.29, 0.717) is 24.0 Å². The quantitative estimate of drug-likeness (QED) is 0.474. The molecule has 33 heavy (non-hydrogen) atoms. The van der Waals surface area contributed by atoms with Gasteiger partial charge < -0.3 is 15.4 Å². The molecule has 0 fully saturated rings. The molecule has 3 aromatic rings. The number of hydrogen-bond donors (Lipinski definition) is 2. The summed E-state index contributed by atoms with van der Waals surface area (Å²) in [5.74, 6) is -0.233. The van der Waals surface area contributed by atoms with Gasteiger partial charge in [0.05, 0.1) is 17.4 Å². The summed E-state index contributed by atoms with van der Waals surface area (Å²) in [4.78, 5) is 13.4. The van der Waals surface area contributed by atoms with Gasteiger partial charge in [0.15, 0.2) is 5.78 Å². The lowest BCUT2D eigenvalue weighted by Crippen LogP contribution is -2.26. The maximum Gasteiger partial charge on any atom is 0.573 e. The minimum atomic E-state index is -4.76. The minimum Gasteiger partial charge on any atom is -0.406 e. The number of alkyl halides is 3. The van der Waals surface area contributed by atoms with Crippen molar-refractivity contribution in [2.75, 3.05) is 10.6 Å². The van der Waals surface area contributed by atoms with Crippen LogP contribution in [0.3, 0.4) is 0 Å². The van der Waals surface area contributed by atoms with Gasteiger partial charge in [-0.3, -0.25) is 4.79 Å². The molecular weight excluding hydrogens is 429 g/mol. The Morgan fingerprint density at radius 3 is 2.15 bits per heavy atom. The second kappa shape index (κ2) is 8.31. The highest BCUT2D eigenvalue weighted by Gasteiger charge is 2.36. The van der Waals surface area contributed by atoms with Crippen LogP contribution in [-0.2, 0) is 4.79 Å². The lowest BCUT2D eigenvalue weighted by atomic mass is 9.78. The number of ether oxygens (including phenoxy) is 1. The number of fused-ring (bicyclic) bond motifs is 1. The van der Waals surface area contributed by atoms with E-state index in [-0.39, 0.29) is 17.5 Å². The van der Waals surface area contributed by atoms with E-state index in [1.54, 1.807) is 12.1 Å². The topological polar surface area (TPSA) is 50.4 Å². The summed E-state index contributed by atoms with van der Waals surface area (Å²) in [5, 5.41) is 6.88. The summed E-state index contributed by atoms with van der Waals surface area (Å²) in [6, 6.07) is 22.8. The molecule has 7 heteroatoms. The Labute approximate surface area is 189 Å². The van der Waals surface area contributed by atoms with Crippen LogP contribution in [0.5, 0.6) is 5.75 Å². The summed E-state index contributed by atoms with van der Waals surface area (Å²) >= 11 is 0. The Hall–Kier alpha value is -3.74. The minimum absolute atomic E-state index is 0.0125. The van der Waals surface area contributed by atoms with Gasteiger partial charge in [-0.2, -0.15) is 0 Å². The molecule has 1 aliphatic carbocycles. The van der Waals surface area contributed by atoms with E-state index >= 15 is 0 Å². The van der Waals surface area contributed by atoms with Gasteiger partial charge in [0, 0.05) is 17.7 Å². The fourth-order valence-corrected chi connectivity index (χ4v) is 4.57. The third-order valence-electron chi connectivity index (χ3n) is 6.03. The van der Waals surface area contributed by atoms with Crippen LogP contribution in [0.2, 0.25) is 0 Å². The van der Waals surface area contributed by atoms with Crippen molar-refractivity contribution < 1.29 is 22.7 Å². The molecular formula is C26H21F3N2O2. The molecule has 0 saturated carbocycles. The Kier molecular flexibility index (Phi) is 5.32. The fourth-order valence-electron chi connectivity index (χ4n) is 4.57. The summed E-state index contributed by atoms with van der Waals surface area (Å²) in [5.41, 5.74) is 4.90. The summed E-state index contributed by atoms with van der Waals surface area (Å²) < 4.78 is 41.7. The molecule has 1 aliphatic heterocycles. The average molecular weight is 450 g/mol. The smallest absolute Gasteiger partial charge is 0.406 e. The van der Waals surface area contributed by atoms with Crippen LogP contribution in [0.1, 0.15) is 35.9 Å². The van der Waals surface area contributed by atoms with Crippen LogP contribution < -0.4 is 15.4 Å².